The van der Waals surface area contributed by atoms with E-state index >= 15 is 0 Å². The lowest BCUT2D eigenvalue weighted by atomic mass is 10.0. The number of esters is 1. The van der Waals surface area contributed by atoms with E-state index in [0.29, 0.717) is 47.4 Å². The van der Waals surface area contributed by atoms with Gasteiger partial charge in [-0.3, -0.25) is 19.7 Å². The van der Waals surface area contributed by atoms with Gasteiger partial charge in [0.1, 0.15) is 11.4 Å². The molecule has 0 spiro atoms. The summed E-state index contributed by atoms with van der Waals surface area (Å²) in [6.45, 7) is 1.08. The highest BCUT2D eigenvalue weighted by molar-refractivity contribution is 9.10. The van der Waals surface area contributed by atoms with E-state index in [1.165, 1.54) is 0 Å². The van der Waals surface area contributed by atoms with Crippen molar-refractivity contribution in [1.82, 2.24) is 15.6 Å². The van der Waals surface area contributed by atoms with Gasteiger partial charge in [0, 0.05) is 18.5 Å². The van der Waals surface area contributed by atoms with E-state index in [2.05, 4.69) is 41.3 Å². The zero-order chi connectivity index (χ0) is 18.0. The van der Waals surface area contributed by atoms with Gasteiger partial charge >= 0.3 is 5.97 Å². The van der Waals surface area contributed by atoms with Crippen molar-refractivity contribution in [3.8, 4) is 0 Å². The third-order valence-corrected chi connectivity index (χ3v) is 4.19. The van der Waals surface area contributed by atoms with Crippen molar-refractivity contribution < 1.29 is 19.1 Å². The van der Waals surface area contributed by atoms with Crippen LogP contribution in [0.4, 0.5) is 0 Å². The number of amides is 2. The highest BCUT2D eigenvalue weighted by atomic mass is 79.9. The Balaban J connectivity index is 0.000000258. The Morgan fingerprint density at radius 2 is 2.00 bits per heavy atom. The zero-order valence-corrected chi connectivity index (χ0v) is 14.7. The molecule has 10 heteroatoms. The summed E-state index contributed by atoms with van der Waals surface area (Å²) in [6.07, 6.45) is 2.06. The standard InChI is InChI=1S/C11H10BrN5O2.C4H6O2/c12-6-3-5-4(7-10(19)17-11(13)16-7)1-2-14-9(18)8(5)15-6;5-4-2-1-3-6-4/h3,15H,1-2H2,(H,14,18)(H3,13,16,17,19);1-3H2/b7-4-;. The summed E-state index contributed by atoms with van der Waals surface area (Å²) in [5, 5.41) is 5.19. The highest BCUT2D eigenvalue weighted by Crippen LogP contribution is 2.31. The number of aromatic amines is 1. The van der Waals surface area contributed by atoms with Crippen molar-refractivity contribution in [2.45, 2.75) is 19.3 Å². The molecule has 5 N–H and O–H groups in total. The number of hydrogen-bond acceptors (Lipinski definition) is 6. The smallest absolute Gasteiger partial charge is 0.305 e. The fourth-order valence-corrected chi connectivity index (χ4v) is 3.09. The Bertz CT molecular complexity index is 803. The predicted molar refractivity (Wildman–Crippen MR) is 92.3 cm³/mol. The number of cyclic esters (lactones) is 1. The molecule has 4 rings (SSSR count). The number of H-pyrrole nitrogens is 1. The number of fused-ring (bicyclic) bond motifs is 1. The molecule has 9 nitrogen and oxygen atoms in total. The van der Waals surface area contributed by atoms with Crippen LogP contribution < -0.4 is 16.4 Å². The Morgan fingerprint density at radius 3 is 2.56 bits per heavy atom. The molecule has 0 aliphatic carbocycles. The molecule has 0 aromatic carbocycles. The van der Waals surface area contributed by atoms with E-state index in [4.69, 9.17) is 5.73 Å². The molecule has 0 radical (unpaired) electrons. The average Bonchev–Trinajstić information content (AvgIpc) is 3.24. The topological polar surface area (TPSA) is 139 Å². The summed E-state index contributed by atoms with van der Waals surface area (Å²) in [6, 6.07) is 1.76. The molecule has 2 amide bonds. The van der Waals surface area contributed by atoms with Crippen molar-refractivity contribution in [1.29, 1.82) is 0 Å². The number of nitrogens with two attached hydrogens (primary N) is 1. The number of aromatic nitrogens is 1. The zero-order valence-electron chi connectivity index (χ0n) is 13.1. The van der Waals surface area contributed by atoms with Gasteiger partial charge in [-0.2, -0.15) is 0 Å². The second-order valence-electron chi connectivity index (χ2n) is 5.51. The molecule has 0 unspecified atom stereocenters. The van der Waals surface area contributed by atoms with Gasteiger partial charge in [0.05, 0.1) is 11.2 Å². The first kappa shape index (κ1) is 17.2. The normalized spacial score (nSPS) is 22.1. The first-order valence-corrected chi connectivity index (χ1v) is 8.46. The fraction of sp³-hybridized carbons (Fsp3) is 0.333. The number of nitrogens with zero attached hydrogens (tertiary/aromatic N) is 1. The van der Waals surface area contributed by atoms with Crippen molar-refractivity contribution in [3.63, 3.8) is 0 Å². The van der Waals surface area contributed by atoms with Crippen molar-refractivity contribution in [2.24, 2.45) is 10.7 Å². The van der Waals surface area contributed by atoms with Gasteiger partial charge in [-0.1, -0.05) is 0 Å². The van der Waals surface area contributed by atoms with Crippen molar-refractivity contribution in [3.05, 3.63) is 27.6 Å². The van der Waals surface area contributed by atoms with Crippen LogP contribution in [0.1, 0.15) is 35.3 Å². The maximum absolute atomic E-state index is 11.9. The van der Waals surface area contributed by atoms with Crippen LogP contribution >= 0.6 is 15.9 Å². The SMILES string of the molecule is NC1=N/C(=C2/CCNC(=O)c3[nH]c(Br)cc32)C(=O)N1.O=C1CCCO1. The minimum atomic E-state index is -0.342. The van der Waals surface area contributed by atoms with Crippen LogP contribution in [-0.2, 0) is 14.3 Å². The number of guanidine groups is 1. The number of hydrogen-bond donors (Lipinski definition) is 4. The Kier molecular flexibility index (Phi) is 4.88. The van der Waals surface area contributed by atoms with E-state index < -0.39 is 0 Å². The van der Waals surface area contributed by atoms with Crippen LogP contribution in [0.5, 0.6) is 0 Å². The molecule has 3 aliphatic heterocycles. The number of halogens is 1. The van der Waals surface area contributed by atoms with Gasteiger partial charge < -0.3 is 20.8 Å². The van der Waals surface area contributed by atoms with E-state index in [1.54, 1.807) is 6.07 Å². The molecule has 1 fully saturated rings. The third kappa shape index (κ3) is 3.73. The fourth-order valence-electron chi connectivity index (χ4n) is 2.66. The van der Waals surface area contributed by atoms with Crippen molar-refractivity contribution >= 4 is 45.2 Å². The Labute approximate surface area is 151 Å². The van der Waals surface area contributed by atoms with Gasteiger partial charge in [-0.25, -0.2) is 4.99 Å². The summed E-state index contributed by atoms with van der Waals surface area (Å²) in [4.78, 5) is 40.6. The third-order valence-electron chi connectivity index (χ3n) is 3.76. The highest BCUT2D eigenvalue weighted by Gasteiger charge is 2.28. The van der Waals surface area contributed by atoms with E-state index in [9.17, 15) is 14.4 Å². The molecule has 1 saturated heterocycles. The first-order chi connectivity index (χ1) is 12.0. The monoisotopic (exact) mass is 409 g/mol. The number of rotatable bonds is 0. The number of nitrogens with one attached hydrogen (secondary N) is 3. The molecule has 0 saturated carbocycles. The maximum Gasteiger partial charge on any atom is 0.305 e. The van der Waals surface area contributed by atoms with Gasteiger partial charge in [0.15, 0.2) is 0 Å². The molecule has 3 aliphatic rings. The molecule has 132 valence electrons. The summed E-state index contributed by atoms with van der Waals surface area (Å²) < 4.78 is 5.18. The van der Waals surface area contributed by atoms with Gasteiger partial charge in [-0.05, 0) is 40.4 Å². The minimum absolute atomic E-state index is 0.0463. The van der Waals surface area contributed by atoms with E-state index in [-0.39, 0.29) is 29.4 Å². The summed E-state index contributed by atoms with van der Waals surface area (Å²) in [7, 11) is 0. The van der Waals surface area contributed by atoms with Crippen LogP contribution in [0.3, 0.4) is 0 Å². The minimum Gasteiger partial charge on any atom is -0.466 e. The predicted octanol–water partition coefficient (Wildman–Crippen LogP) is 0.390. The van der Waals surface area contributed by atoms with Crippen LogP contribution in [0.2, 0.25) is 0 Å². The number of carbonyl (C=O) groups is 3. The molecule has 1 aromatic heterocycles. The second kappa shape index (κ2) is 7.09. The molecular weight excluding hydrogens is 394 g/mol. The van der Waals surface area contributed by atoms with E-state index in [1.807, 2.05) is 0 Å². The van der Waals surface area contributed by atoms with Gasteiger partial charge in [0.25, 0.3) is 11.8 Å². The Hall–Kier alpha value is -2.62. The number of ether oxygens (including phenoxy) is 1. The largest absolute Gasteiger partial charge is 0.466 e. The molecule has 4 heterocycles. The second-order valence-corrected chi connectivity index (χ2v) is 6.37. The Morgan fingerprint density at radius 1 is 1.20 bits per heavy atom. The molecule has 1 aromatic rings. The lowest BCUT2D eigenvalue weighted by Crippen LogP contribution is -2.30. The summed E-state index contributed by atoms with van der Waals surface area (Å²) in [5.74, 6) is -0.515. The van der Waals surface area contributed by atoms with Gasteiger partial charge in [-0.15, -0.1) is 0 Å². The van der Waals surface area contributed by atoms with Crippen LogP contribution in [0.15, 0.2) is 21.4 Å². The average molecular weight is 410 g/mol. The molecular formula is C15H16BrN5O4. The quantitative estimate of drug-likeness (QED) is 0.362. The van der Waals surface area contributed by atoms with Crippen molar-refractivity contribution in [2.75, 3.05) is 13.2 Å². The first-order valence-electron chi connectivity index (χ1n) is 7.67. The van der Waals surface area contributed by atoms with Gasteiger partial charge in [0.2, 0.25) is 5.96 Å². The van der Waals surface area contributed by atoms with Crippen LogP contribution in [-0.4, -0.2) is 41.9 Å². The number of aliphatic imine (C=N–C) groups is 1. The van der Waals surface area contributed by atoms with Crippen LogP contribution in [0.25, 0.3) is 5.57 Å². The maximum atomic E-state index is 11.9. The molecule has 0 bridgehead atoms. The van der Waals surface area contributed by atoms with Crippen LogP contribution in [0, 0.1) is 0 Å². The molecule has 25 heavy (non-hydrogen) atoms. The van der Waals surface area contributed by atoms with E-state index in [0.717, 1.165) is 6.42 Å². The lowest BCUT2D eigenvalue weighted by Gasteiger charge is -2.04. The summed E-state index contributed by atoms with van der Waals surface area (Å²) in [5.41, 5.74) is 7.55. The number of carbonyl (C=O) groups excluding carboxylic acids is 3. The molecule has 0 atom stereocenters. The summed E-state index contributed by atoms with van der Waals surface area (Å²) >= 11 is 3.29. The lowest BCUT2D eigenvalue weighted by molar-refractivity contribution is -0.137.